The van der Waals surface area contributed by atoms with Crippen molar-refractivity contribution in [2.75, 3.05) is 32.9 Å². The minimum absolute atomic E-state index is 0.180. The Bertz CT molecular complexity index is 227. The second kappa shape index (κ2) is 11.2. The Morgan fingerprint density at radius 1 is 1.05 bits per heavy atom. The molecule has 19 heavy (non-hydrogen) atoms. The Kier molecular flexibility index (Phi) is 10.8. The third-order valence-electron chi connectivity index (χ3n) is 2.72. The Hall–Kier alpha value is -0.650. The Morgan fingerprint density at radius 2 is 1.63 bits per heavy atom. The van der Waals surface area contributed by atoms with Gasteiger partial charge in [-0.3, -0.25) is 9.69 Å². The Labute approximate surface area is 117 Å². The first-order valence-electron chi connectivity index (χ1n) is 7.17. The minimum Gasteiger partial charge on any atom is -0.465 e. The topological polar surface area (TPSA) is 48.0 Å². The molecular formula is C14H29NO4. The summed E-state index contributed by atoms with van der Waals surface area (Å²) >= 11 is 0. The molecule has 0 saturated heterocycles. The predicted octanol–water partition coefficient (Wildman–Crippen LogP) is 2.05. The van der Waals surface area contributed by atoms with Crippen LogP contribution in [0.2, 0.25) is 0 Å². The first kappa shape index (κ1) is 18.4. The van der Waals surface area contributed by atoms with E-state index in [1.54, 1.807) is 0 Å². The van der Waals surface area contributed by atoms with Crippen molar-refractivity contribution in [3.05, 3.63) is 0 Å². The summed E-state index contributed by atoms with van der Waals surface area (Å²) < 4.78 is 16.0. The molecule has 0 heterocycles. The molecule has 0 radical (unpaired) electrons. The first-order chi connectivity index (χ1) is 9.04. The Balaban J connectivity index is 4.21. The highest BCUT2D eigenvalue weighted by molar-refractivity contribution is 5.71. The molecule has 5 heteroatoms. The van der Waals surface area contributed by atoms with Crippen LogP contribution < -0.4 is 0 Å². The van der Waals surface area contributed by atoms with E-state index in [0.29, 0.717) is 26.4 Å². The lowest BCUT2D eigenvalue weighted by Gasteiger charge is -2.27. The van der Waals surface area contributed by atoms with E-state index in [1.807, 2.05) is 20.8 Å². The van der Waals surface area contributed by atoms with Crippen LogP contribution in [0.25, 0.3) is 0 Å². The van der Waals surface area contributed by atoms with Crippen LogP contribution in [0, 0.1) is 0 Å². The van der Waals surface area contributed by atoms with E-state index in [4.69, 9.17) is 14.2 Å². The zero-order valence-electron chi connectivity index (χ0n) is 13.0. The van der Waals surface area contributed by atoms with Gasteiger partial charge in [-0.05, 0) is 34.6 Å². The van der Waals surface area contributed by atoms with Crippen LogP contribution in [-0.4, -0.2) is 56.1 Å². The van der Waals surface area contributed by atoms with Crippen LogP contribution >= 0.6 is 0 Å². The van der Waals surface area contributed by atoms with Crippen molar-refractivity contribution < 1.29 is 19.0 Å². The van der Waals surface area contributed by atoms with E-state index in [0.717, 1.165) is 13.0 Å². The van der Waals surface area contributed by atoms with E-state index in [2.05, 4.69) is 18.7 Å². The maximum Gasteiger partial charge on any atom is 0.320 e. The van der Waals surface area contributed by atoms with Crippen LogP contribution in [0.5, 0.6) is 0 Å². The number of hydrogen-bond donors (Lipinski definition) is 0. The van der Waals surface area contributed by atoms with Crippen molar-refractivity contribution in [2.45, 2.75) is 53.4 Å². The fraction of sp³-hybridized carbons (Fsp3) is 0.929. The average Bonchev–Trinajstić information content (AvgIpc) is 2.34. The summed E-state index contributed by atoms with van der Waals surface area (Å²) in [5.74, 6) is -0.180. The zero-order valence-corrected chi connectivity index (χ0v) is 13.0. The molecule has 114 valence electrons. The predicted molar refractivity (Wildman–Crippen MR) is 75.0 cm³/mol. The summed E-state index contributed by atoms with van der Waals surface area (Å²) in [6, 6.07) is 0.285. The molecule has 0 aromatic carbocycles. The quantitative estimate of drug-likeness (QED) is 0.426. The van der Waals surface area contributed by atoms with Gasteiger partial charge < -0.3 is 14.2 Å². The molecule has 0 amide bonds. The van der Waals surface area contributed by atoms with Gasteiger partial charge in [-0.2, -0.15) is 0 Å². The molecule has 0 fully saturated rings. The largest absolute Gasteiger partial charge is 0.465 e. The normalized spacial score (nSPS) is 11.6. The maximum atomic E-state index is 11.5. The summed E-state index contributed by atoms with van der Waals surface area (Å²) in [6.45, 7) is 12.6. The van der Waals surface area contributed by atoms with Crippen LogP contribution in [0.15, 0.2) is 0 Å². The van der Waals surface area contributed by atoms with Crippen molar-refractivity contribution >= 4 is 5.97 Å². The summed E-state index contributed by atoms with van der Waals surface area (Å²) in [5.41, 5.74) is 0. The first-order valence-corrected chi connectivity index (χ1v) is 7.17. The molecule has 0 aliphatic rings. The standard InChI is InChI=1S/C14H29NO4/c1-6-17-13(16)11-15(12(4)5)10-9-14(18-7-2)19-8-3/h12,14H,6-11H2,1-5H3. The van der Waals surface area contributed by atoms with Crippen molar-refractivity contribution in [1.82, 2.24) is 4.90 Å². The van der Waals surface area contributed by atoms with E-state index >= 15 is 0 Å². The van der Waals surface area contributed by atoms with Crippen LogP contribution in [0.1, 0.15) is 41.0 Å². The Morgan fingerprint density at radius 3 is 2.05 bits per heavy atom. The molecule has 0 aliphatic carbocycles. The molecule has 0 aromatic heterocycles. The van der Waals surface area contributed by atoms with Crippen molar-refractivity contribution in [2.24, 2.45) is 0 Å². The molecule has 0 aromatic rings. The summed E-state index contributed by atoms with van der Waals surface area (Å²) in [5, 5.41) is 0. The summed E-state index contributed by atoms with van der Waals surface area (Å²) in [4.78, 5) is 13.6. The van der Waals surface area contributed by atoms with E-state index < -0.39 is 0 Å². The lowest BCUT2D eigenvalue weighted by atomic mass is 10.2. The van der Waals surface area contributed by atoms with Crippen LogP contribution in [-0.2, 0) is 19.0 Å². The maximum absolute atomic E-state index is 11.5. The van der Waals surface area contributed by atoms with E-state index in [1.165, 1.54) is 0 Å². The van der Waals surface area contributed by atoms with E-state index in [9.17, 15) is 4.79 Å². The number of hydrogen-bond acceptors (Lipinski definition) is 5. The number of carbonyl (C=O) groups is 1. The molecule has 0 atom stereocenters. The lowest BCUT2D eigenvalue weighted by Crippen LogP contribution is -2.39. The summed E-state index contributed by atoms with van der Waals surface area (Å²) in [6.07, 6.45) is 0.553. The molecule has 0 spiro atoms. The lowest BCUT2D eigenvalue weighted by molar-refractivity contribution is -0.149. The van der Waals surface area contributed by atoms with Crippen LogP contribution in [0.3, 0.4) is 0 Å². The van der Waals surface area contributed by atoms with Gasteiger partial charge in [0.15, 0.2) is 6.29 Å². The average molecular weight is 275 g/mol. The molecule has 0 saturated carbocycles. The van der Waals surface area contributed by atoms with Gasteiger partial charge in [0.2, 0.25) is 0 Å². The SMILES string of the molecule is CCOC(=O)CN(CCC(OCC)OCC)C(C)C. The van der Waals surface area contributed by atoms with Gasteiger partial charge in [0.25, 0.3) is 0 Å². The van der Waals surface area contributed by atoms with Gasteiger partial charge in [0.1, 0.15) is 0 Å². The molecule has 0 N–H and O–H groups in total. The third-order valence-corrected chi connectivity index (χ3v) is 2.72. The second-order valence-electron chi connectivity index (χ2n) is 4.50. The number of ether oxygens (including phenoxy) is 3. The molecule has 0 rings (SSSR count). The van der Waals surface area contributed by atoms with Crippen molar-refractivity contribution in [3.8, 4) is 0 Å². The molecular weight excluding hydrogens is 246 g/mol. The van der Waals surface area contributed by atoms with Gasteiger partial charge in [-0.25, -0.2) is 0 Å². The molecule has 0 aliphatic heterocycles. The smallest absolute Gasteiger partial charge is 0.320 e. The molecule has 0 unspecified atom stereocenters. The second-order valence-corrected chi connectivity index (χ2v) is 4.50. The van der Waals surface area contributed by atoms with Gasteiger partial charge in [0.05, 0.1) is 13.2 Å². The fourth-order valence-electron chi connectivity index (χ4n) is 1.75. The van der Waals surface area contributed by atoms with Gasteiger partial charge in [-0.15, -0.1) is 0 Å². The number of nitrogens with zero attached hydrogens (tertiary/aromatic N) is 1. The number of esters is 1. The van der Waals surface area contributed by atoms with Crippen molar-refractivity contribution in [1.29, 1.82) is 0 Å². The fourth-order valence-corrected chi connectivity index (χ4v) is 1.75. The highest BCUT2D eigenvalue weighted by Crippen LogP contribution is 2.06. The molecule has 0 bridgehead atoms. The van der Waals surface area contributed by atoms with Gasteiger partial charge in [0, 0.05) is 32.2 Å². The third kappa shape index (κ3) is 8.97. The van der Waals surface area contributed by atoms with Gasteiger partial charge >= 0.3 is 5.97 Å². The number of rotatable bonds is 11. The highest BCUT2D eigenvalue weighted by Gasteiger charge is 2.17. The number of carbonyl (C=O) groups excluding carboxylic acids is 1. The van der Waals surface area contributed by atoms with Gasteiger partial charge in [-0.1, -0.05) is 0 Å². The minimum atomic E-state index is -0.196. The van der Waals surface area contributed by atoms with Crippen LogP contribution in [0.4, 0.5) is 0 Å². The monoisotopic (exact) mass is 275 g/mol. The van der Waals surface area contributed by atoms with E-state index in [-0.39, 0.29) is 18.3 Å². The summed E-state index contributed by atoms with van der Waals surface area (Å²) in [7, 11) is 0. The van der Waals surface area contributed by atoms with Crippen molar-refractivity contribution in [3.63, 3.8) is 0 Å². The highest BCUT2D eigenvalue weighted by atomic mass is 16.7. The zero-order chi connectivity index (χ0) is 14.7. The molecule has 5 nitrogen and oxygen atoms in total.